The Bertz CT molecular complexity index is 1510. The minimum absolute atomic E-state index is 0.0356. The lowest BCUT2D eigenvalue weighted by Crippen LogP contribution is -2.49. The lowest BCUT2D eigenvalue weighted by molar-refractivity contribution is -0.0303. The van der Waals surface area contributed by atoms with Crippen LogP contribution >= 0.6 is 0 Å². The highest BCUT2D eigenvalue weighted by Crippen LogP contribution is 2.29. The predicted molar refractivity (Wildman–Crippen MR) is 156 cm³/mol. The summed E-state index contributed by atoms with van der Waals surface area (Å²) in [5, 5.41) is 12.6. The molecule has 3 aromatic rings. The number of carbonyl (C=O) groups is 2. The maximum Gasteiger partial charge on any atom is 0.429 e. The summed E-state index contributed by atoms with van der Waals surface area (Å²) in [4.78, 5) is 34.1. The monoisotopic (exact) mass is 583 g/mol. The van der Waals surface area contributed by atoms with Crippen LogP contribution in [0, 0.1) is 13.8 Å². The second-order valence-electron chi connectivity index (χ2n) is 10.6. The summed E-state index contributed by atoms with van der Waals surface area (Å²) in [6, 6.07) is 12.4. The number of aromatic nitrogens is 2. The number of nitrogens with zero attached hydrogens (tertiary/aromatic N) is 4. The van der Waals surface area contributed by atoms with Crippen LogP contribution in [0.2, 0.25) is 0 Å². The second-order valence-corrected chi connectivity index (χ2v) is 12.3. The third-order valence-corrected chi connectivity index (χ3v) is 7.38. The number of amides is 2. The van der Waals surface area contributed by atoms with Crippen LogP contribution in [0.5, 0.6) is 5.88 Å². The van der Waals surface area contributed by atoms with E-state index in [2.05, 4.69) is 14.7 Å². The van der Waals surface area contributed by atoms with Crippen molar-refractivity contribution in [3.63, 3.8) is 0 Å². The van der Waals surface area contributed by atoms with Gasteiger partial charge in [-0.25, -0.2) is 32.9 Å². The predicted octanol–water partition coefficient (Wildman–Crippen LogP) is 5.29. The van der Waals surface area contributed by atoms with Crippen molar-refractivity contribution in [3.8, 4) is 17.1 Å². The van der Waals surface area contributed by atoms with Gasteiger partial charge in [0.15, 0.2) is 0 Å². The Labute approximate surface area is 241 Å². The molecule has 0 unspecified atom stereocenters. The molecule has 220 valence electrons. The van der Waals surface area contributed by atoms with Gasteiger partial charge in [-0.1, -0.05) is 37.6 Å². The van der Waals surface area contributed by atoms with E-state index in [1.807, 2.05) is 39.0 Å². The van der Waals surface area contributed by atoms with Gasteiger partial charge in [0.05, 0.1) is 10.6 Å². The molecule has 0 radical (unpaired) electrons. The number of benzene rings is 2. The van der Waals surface area contributed by atoms with E-state index >= 15 is 0 Å². The number of sulfonamides is 1. The molecule has 2 aromatic carbocycles. The van der Waals surface area contributed by atoms with Crippen LogP contribution in [0.1, 0.15) is 62.0 Å². The molecular formula is C29H37N5O6S. The van der Waals surface area contributed by atoms with Crippen molar-refractivity contribution in [1.29, 1.82) is 0 Å². The topological polar surface area (TPSA) is 142 Å². The molecule has 0 aliphatic rings. The lowest BCUT2D eigenvalue weighted by atomic mass is 10.00. The zero-order valence-corrected chi connectivity index (χ0v) is 25.2. The number of hydrogen-bond acceptors (Lipinski definition) is 8. The second kappa shape index (κ2) is 12.5. The normalized spacial score (nSPS) is 11.6. The average Bonchev–Trinajstić information content (AvgIpc) is 2.86. The van der Waals surface area contributed by atoms with Gasteiger partial charge in [0.2, 0.25) is 11.8 Å². The van der Waals surface area contributed by atoms with E-state index in [4.69, 9.17) is 4.74 Å². The number of carbonyl (C=O) groups excluding carboxylic acids is 2. The highest BCUT2D eigenvalue weighted by Gasteiger charge is 2.29. The summed E-state index contributed by atoms with van der Waals surface area (Å²) < 4.78 is 34.4. The standard InChI is InChI=1S/C29H37N5O6S/c1-8-9-16-34(28(37)40-29(4,5)6)33(7)26(36)21-14-11-15-22(17-21)41(38,39)32-27-30-23(18-24(35)31-27)25-19(2)12-10-13-20(25)3/h10-15,17-18H,8-9,16H2,1-7H3,(H2,30,31,32,35). The lowest BCUT2D eigenvalue weighted by Gasteiger charge is -2.33. The molecule has 1 heterocycles. The summed E-state index contributed by atoms with van der Waals surface area (Å²) in [6.07, 6.45) is 0.722. The quantitative estimate of drug-likeness (QED) is 0.341. The van der Waals surface area contributed by atoms with Crippen molar-refractivity contribution < 1.29 is 27.9 Å². The Kier molecular flexibility index (Phi) is 9.59. The largest absolute Gasteiger partial charge is 0.493 e. The first-order chi connectivity index (χ1) is 19.1. The molecule has 2 N–H and O–H groups in total. The number of hydrazine groups is 1. The Hall–Kier alpha value is -4.19. The van der Waals surface area contributed by atoms with Gasteiger partial charge in [0.1, 0.15) is 5.60 Å². The summed E-state index contributed by atoms with van der Waals surface area (Å²) in [5.74, 6) is -1.34. The number of aryl methyl sites for hydroxylation is 2. The first kappa shape index (κ1) is 31.3. The molecule has 0 saturated carbocycles. The van der Waals surface area contributed by atoms with Gasteiger partial charge in [-0.15, -0.1) is 0 Å². The molecule has 0 atom stereocenters. The van der Waals surface area contributed by atoms with E-state index in [1.54, 1.807) is 20.8 Å². The molecule has 41 heavy (non-hydrogen) atoms. The number of nitrogens with one attached hydrogen (secondary N) is 1. The Morgan fingerprint density at radius 1 is 1.02 bits per heavy atom. The number of hydrogen-bond donors (Lipinski definition) is 2. The van der Waals surface area contributed by atoms with Gasteiger partial charge in [-0.2, -0.15) is 4.98 Å². The van der Waals surface area contributed by atoms with Crippen molar-refractivity contribution >= 4 is 28.0 Å². The van der Waals surface area contributed by atoms with Crippen molar-refractivity contribution in [3.05, 3.63) is 65.2 Å². The Morgan fingerprint density at radius 3 is 2.27 bits per heavy atom. The first-order valence-electron chi connectivity index (χ1n) is 13.2. The Morgan fingerprint density at radius 2 is 1.66 bits per heavy atom. The fourth-order valence-corrected chi connectivity index (χ4v) is 5.07. The van der Waals surface area contributed by atoms with Crippen LogP contribution in [-0.4, -0.2) is 64.7 Å². The summed E-state index contributed by atoms with van der Waals surface area (Å²) in [5.41, 5.74) is 2.16. The van der Waals surface area contributed by atoms with Crippen LogP contribution in [-0.2, 0) is 14.8 Å². The molecule has 0 saturated heterocycles. The van der Waals surface area contributed by atoms with Crippen molar-refractivity contribution in [2.24, 2.45) is 0 Å². The minimum Gasteiger partial charge on any atom is -0.493 e. The van der Waals surface area contributed by atoms with Crippen LogP contribution in [0.4, 0.5) is 10.7 Å². The van der Waals surface area contributed by atoms with E-state index in [0.717, 1.165) is 28.1 Å². The third kappa shape index (κ3) is 7.94. The number of rotatable bonds is 8. The smallest absolute Gasteiger partial charge is 0.429 e. The molecule has 0 aliphatic heterocycles. The maximum absolute atomic E-state index is 13.4. The molecule has 3 rings (SSSR count). The van der Waals surface area contributed by atoms with Crippen LogP contribution < -0.4 is 4.72 Å². The number of unbranched alkanes of at least 4 members (excludes halogenated alkanes) is 1. The molecule has 0 aliphatic carbocycles. The highest BCUT2D eigenvalue weighted by molar-refractivity contribution is 7.92. The fraction of sp³-hybridized carbons (Fsp3) is 0.379. The highest BCUT2D eigenvalue weighted by atomic mass is 32.2. The van der Waals surface area contributed by atoms with Crippen LogP contribution in [0.3, 0.4) is 0 Å². The fourth-order valence-electron chi connectivity index (χ4n) is 4.08. The number of anilines is 1. The molecule has 2 amide bonds. The third-order valence-electron chi connectivity index (χ3n) is 6.05. The van der Waals surface area contributed by atoms with Crippen LogP contribution in [0.15, 0.2) is 53.4 Å². The summed E-state index contributed by atoms with van der Waals surface area (Å²) in [7, 11) is -2.84. The number of aromatic hydroxyl groups is 1. The van der Waals surface area contributed by atoms with Gasteiger partial charge < -0.3 is 9.84 Å². The minimum atomic E-state index is -4.27. The molecule has 0 bridgehead atoms. The van der Waals surface area contributed by atoms with E-state index < -0.39 is 33.5 Å². The zero-order chi connectivity index (χ0) is 30.5. The van der Waals surface area contributed by atoms with Crippen LogP contribution in [0.25, 0.3) is 11.3 Å². The molecule has 1 aromatic heterocycles. The van der Waals surface area contributed by atoms with Crippen molar-refractivity contribution in [2.75, 3.05) is 18.3 Å². The van der Waals surface area contributed by atoms with Crippen molar-refractivity contribution in [1.82, 2.24) is 20.0 Å². The van der Waals surface area contributed by atoms with E-state index in [9.17, 15) is 23.1 Å². The number of ether oxygens (including phenoxy) is 1. The SMILES string of the molecule is CCCCN(C(=O)OC(C)(C)C)N(C)C(=O)c1cccc(S(=O)(=O)Nc2nc(O)cc(-c3c(C)cccc3C)n2)c1. The average molecular weight is 584 g/mol. The Balaban J connectivity index is 1.90. The molecule has 11 nitrogen and oxygen atoms in total. The van der Waals surface area contributed by atoms with Gasteiger partial charge in [-0.05, 0) is 70.4 Å². The molecule has 0 fully saturated rings. The first-order valence-corrected chi connectivity index (χ1v) is 14.7. The van der Waals surface area contributed by atoms with Gasteiger partial charge in [0.25, 0.3) is 15.9 Å². The van der Waals surface area contributed by atoms with E-state index in [-0.39, 0.29) is 23.0 Å². The summed E-state index contributed by atoms with van der Waals surface area (Å²) >= 11 is 0. The van der Waals surface area contributed by atoms with Gasteiger partial charge >= 0.3 is 6.09 Å². The van der Waals surface area contributed by atoms with E-state index in [1.165, 1.54) is 42.4 Å². The molecule has 0 spiro atoms. The van der Waals surface area contributed by atoms with Crippen molar-refractivity contribution in [2.45, 2.75) is 64.9 Å². The maximum atomic E-state index is 13.4. The van der Waals surface area contributed by atoms with Gasteiger partial charge in [0, 0.05) is 30.8 Å². The molecule has 12 heteroatoms. The summed E-state index contributed by atoms with van der Waals surface area (Å²) in [6.45, 7) is 11.2. The van der Waals surface area contributed by atoms with Gasteiger partial charge in [-0.3, -0.25) is 4.79 Å². The van der Waals surface area contributed by atoms with E-state index in [0.29, 0.717) is 12.1 Å². The zero-order valence-electron chi connectivity index (χ0n) is 24.4. The molecular weight excluding hydrogens is 546 g/mol.